The van der Waals surface area contributed by atoms with Gasteiger partial charge < -0.3 is 14.2 Å². The summed E-state index contributed by atoms with van der Waals surface area (Å²) in [5.41, 5.74) is 2.09. The van der Waals surface area contributed by atoms with Gasteiger partial charge in [-0.1, -0.05) is 6.07 Å². The fraction of sp³-hybridized carbons (Fsp3) is 0.320. The van der Waals surface area contributed by atoms with E-state index in [0.29, 0.717) is 34.4 Å². The first-order chi connectivity index (χ1) is 18.9. The van der Waals surface area contributed by atoms with Gasteiger partial charge in [0.2, 0.25) is 10.9 Å². The number of nitrogens with one attached hydrogen (secondary N) is 1. The molecule has 1 N–H and O–H groups in total. The van der Waals surface area contributed by atoms with Crippen molar-refractivity contribution in [1.29, 1.82) is 0 Å². The number of benzene rings is 1. The molecule has 0 spiro atoms. The molecule has 0 aliphatic rings. The molecule has 0 saturated carbocycles. The summed E-state index contributed by atoms with van der Waals surface area (Å²) in [6, 6.07) is 6.28. The number of para-hydroxylation sites is 1. The molecule has 0 unspecified atom stereocenters. The maximum absolute atomic E-state index is 13.5. The summed E-state index contributed by atoms with van der Waals surface area (Å²) in [4.78, 5) is 12.3. The normalized spacial score (nSPS) is 12.9. The number of rotatable bonds is 12. The van der Waals surface area contributed by atoms with Gasteiger partial charge in [0, 0.05) is 31.0 Å². The Morgan fingerprint density at radius 1 is 1.05 bits per heavy atom. The average molecular weight is 558 g/mol. The van der Waals surface area contributed by atoms with E-state index in [0.717, 1.165) is 18.0 Å². The van der Waals surface area contributed by atoms with Crippen molar-refractivity contribution in [2.75, 3.05) is 20.8 Å². The highest BCUT2D eigenvalue weighted by molar-refractivity contribution is 7.70. The smallest absolute Gasteiger partial charge is 0.201 e. The van der Waals surface area contributed by atoms with Gasteiger partial charge >= 0.3 is 0 Å². The SMILES string of the molecule is CCO[C@H](c1ncc(F)cn1)[C@H](Cc1nnc(-c2cncc(C)c2)n1-c1c(OC)cccc1OC)N[SH](=O)=O. The third-order valence-electron chi connectivity index (χ3n) is 5.77. The molecule has 4 rings (SSSR count). The van der Waals surface area contributed by atoms with Crippen LogP contribution < -0.4 is 14.2 Å². The van der Waals surface area contributed by atoms with Crippen LogP contribution in [0, 0.1) is 12.7 Å². The zero-order chi connectivity index (χ0) is 27.9. The van der Waals surface area contributed by atoms with E-state index >= 15 is 0 Å². The summed E-state index contributed by atoms with van der Waals surface area (Å²) in [5, 5.41) is 8.87. The van der Waals surface area contributed by atoms with Gasteiger partial charge in [0.1, 0.15) is 29.1 Å². The third kappa shape index (κ3) is 6.35. The van der Waals surface area contributed by atoms with Crippen LogP contribution in [0.5, 0.6) is 11.5 Å². The zero-order valence-electron chi connectivity index (χ0n) is 21.7. The molecule has 0 aliphatic heterocycles. The number of methoxy groups -OCH3 is 2. The molecule has 3 aromatic heterocycles. The van der Waals surface area contributed by atoms with Crippen LogP contribution in [0.2, 0.25) is 0 Å². The van der Waals surface area contributed by atoms with Crippen LogP contribution >= 0.6 is 0 Å². The zero-order valence-corrected chi connectivity index (χ0v) is 22.6. The number of halogens is 1. The van der Waals surface area contributed by atoms with Crippen LogP contribution in [0.25, 0.3) is 17.1 Å². The van der Waals surface area contributed by atoms with Gasteiger partial charge in [-0.25, -0.2) is 27.5 Å². The van der Waals surface area contributed by atoms with Crippen molar-refractivity contribution in [2.24, 2.45) is 0 Å². The largest absolute Gasteiger partial charge is 0.494 e. The summed E-state index contributed by atoms with van der Waals surface area (Å²) in [7, 11) is -0.0213. The van der Waals surface area contributed by atoms with Crippen LogP contribution in [0.3, 0.4) is 0 Å². The van der Waals surface area contributed by atoms with Crippen LogP contribution in [0.1, 0.15) is 30.2 Å². The average Bonchev–Trinajstić information content (AvgIpc) is 3.34. The van der Waals surface area contributed by atoms with Gasteiger partial charge in [0.15, 0.2) is 17.5 Å². The van der Waals surface area contributed by atoms with Crippen molar-refractivity contribution in [3.63, 3.8) is 0 Å². The first-order valence-corrected chi connectivity index (χ1v) is 13.1. The number of aromatic nitrogens is 6. The summed E-state index contributed by atoms with van der Waals surface area (Å²) < 4.78 is 58.7. The van der Waals surface area contributed by atoms with E-state index in [-0.39, 0.29) is 18.9 Å². The standard InChI is InChI=1S/C25H28FN7O5S/c1-5-38-23(24-28-13-17(26)14-29-24)18(32-39(34)35)10-21-30-31-25(16-9-15(2)11-27-12-16)33(21)22-19(36-3)7-6-8-20(22)37-4/h6-9,11-14,18,23,39H,5,10H2,1-4H3,(H,32,34,35)/t18-,23-/m0/s1. The van der Waals surface area contributed by atoms with Gasteiger partial charge in [0.25, 0.3) is 0 Å². The Balaban J connectivity index is 1.91. The molecule has 12 nitrogen and oxygen atoms in total. The third-order valence-corrected chi connectivity index (χ3v) is 6.31. The lowest BCUT2D eigenvalue weighted by Gasteiger charge is -2.25. The van der Waals surface area contributed by atoms with E-state index in [4.69, 9.17) is 14.2 Å². The lowest BCUT2D eigenvalue weighted by atomic mass is 10.1. The maximum atomic E-state index is 13.5. The monoisotopic (exact) mass is 557 g/mol. The molecule has 14 heteroatoms. The highest BCUT2D eigenvalue weighted by Gasteiger charge is 2.31. The lowest BCUT2D eigenvalue weighted by molar-refractivity contribution is 0.0324. The Morgan fingerprint density at radius 2 is 1.74 bits per heavy atom. The van der Waals surface area contributed by atoms with Crippen LogP contribution in [0.4, 0.5) is 4.39 Å². The fourth-order valence-electron chi connectivity index (χ4n) is 4.17. The Kier molecular flexibility index (Phi) is 9.11. The topological polar surface area (TPSA) is 143 Å². The molecule has 0 saturated heterocycles. The molecule has 1 aromatic carbocycles. The summed E-state index contributed by atoms with van der Waals surface area (Å²) in [6.07, 6.45) is 4.38. The number of aryl methyl sites for hydroxylation is 1. The van der Waals surface area contributed by atoms with Crippen molar-refractivity contribution in [1.82, 2.24) is 34.4 Å². The minimum atomic E-state index is -3.08. The summed E-state index contributed by atoms with van der Waals surface area (Å²) >= 11 is 0. The Labute approximate surface area is 226 Å². The van der Waals surface area contributed by atoms with Gasteiger partial charge in [-0.05, 0) is 37.6 Å². The fourth-order valence-corrected chi connectivity index (χ4v) is 4.67. The van der Waals surface area contributed by atoms with Crippen molar-refractivity contribution < 1.29 is 27.0 Å². The number of hydrogen-bond acceptors (Lipinski definition) is 10. The molecule has 206 valence electrons. The van der Waals surface area contributed by atoms with Crippen LogP contribution in [0.15, 0.2) is 49.1 Å². The van der Waals surface area contributed by atoms with Crippen LogP contribution in [-0.4, -0.2) is 65.0 Å². The van der Waals surface area contributed by atoms with Gasteiger partial charge in [-0.3, -0.25) is 9.55 Å². The van der Waals surface area contributed by atoms with E-state index in [1.165, 1.54) is 14.2 Å². The van der Waals surface area contributed by atoms with E-state index < -0.39 is 28.9 Å². The number of pyridine rings is 1. The van der Waals surface area contributed by atoms with Gasteiger partial charge in [-0.2, -0.15) is 0 Å². The minimum absolute atomic E-state index is 0.0117. The van der Waals surface area contributed by atoms with Gasteiger partial charge in [-0.15, -0.1) is 10.2 Å². The van der Waals surface area contributed by atoms with Crippen LogP contribution in [-0.2, 0) is 22.0 Å². The summed E-state index contributed by atoms with van der Waals surface area (Å²) in [5.74, 6) is 1.21. The number of nitrogens with zero attached hydrogens (tertiary/aromatic N) is 6. The minimum Gasteiger partial charge on any atom is -0.494 e. The maximum Gasteiger partial charge on any atom is 0.201 e. The quantitative estimate of drug-likeness (QED) is 0.249. The highest BCUT2D eigenvalue weighted by Crippen LogP contribution is 2.37. The molecular formula is C25H28FN7O5S. The molecule has 0 radical (unpaired) electrons. The number of thiol groups is 1. The molecule has 4 aromatic rings. The number of hydrogen-bond donors (Lipinski definition) is 2. The van der Waals surface area contributed by atoms with E-state index in [1.54, 1.807) is 42.1 Å². The first-order valence-electron chi connectivity index (χ1n) is 11.9. The van der Waals surface area contributed by atoms with Crippen molar-refractivity contribution in [3.05, 3.63) is 72.1 Å². The number of ether oxygens (including phenoxy) is 3. The van der Waals surface area contributed by atoms with E-state index in [1.807, 2.05) is 13.0 Å². The molecule has 0 amide bonds. The molecule has 0 aliphatic carbocycles. The van der Waals surface area contributed by atoms with Gasteiger partial charge in [0.05, 0.1) is 32.7 Å². The molecule has 39 heavy (non-hydrogen) atoms. The predicted octanol–water partition coefficient (Wildman–Crippen LogP) is 2.39. The molecule has 0 fully saturated rings. The lowest BCUT2D eigenvalue weighted by Crippen LogP contribution is -2.39. The molecule has 0 bridgehead atoms. The van der Waals surface area contributed by atoms with Crippen molar-refractivity contribution >= 4 is 10.9 Å². The Morgan fingerprint density at radius 3 is 2.33 bits per heavy atom. The van der Waals surface area contributed by atoms with Crippen molar-refractivity contribution in [2.45, 2.75) is 32.4 Å². The molecular weight excluding hydrogens is 529 g/mol. The van der Waals surface area contributed by atoms with E-state index in [9.17, 15) is 12.8 Å². The second-order valence-corrected chi connectivity index (χ2v) is 9.14. The Bertz CT molecular complexity index is 1470. The predicted molar refractivity (Wildman–Crippen MR) is 140 cm³/mol. The first kappa shape index (κ1) is 28.0. The van der Waals surface area contributed by atoms with Crippen molar-refractivity contribution in [3.8, 4) is 28.6 Å². The summed E-state index contributed by atoms with van der Waals surface area (Å²) in [6.45, 7) is 3.87. The second-order valence-electron chi connectivity index (χ2n) is 8.37. The van der Waals surface area contributed by atoms with E-state index in [2.05, 4.69) is 29.9 Å². The molecule has 3 heterocycles. The Hall–Kier alpha value is -4.01. The molecule has 2 atom stereocenters. The second kappa shape index (κ2) is 12.7. The highest BCUT2D eigenvalue weighted by atomic mass is 32.2.